The van der Waals surface area contributed by atoms with Crippen LogP contribution in [0.15, 0.2) is 41.3 Å². The third-order valence-electron chi connectivity index (χ3n) is 3.66. The van der Waals surface area contributed by atoms with Crippen molar-refractivity contribution < 1.29 is 23.4 Å². The molecule has 0 aliphatic heterocycles. The van der Waals surface area contributed by atoms with Gasteiger partial charge in [0.2, 0.25) is 10.0 Å². The first-order valence-electron chi connectivity index (χ1n) is 7.57. The SMILES string of the molecule is Cc1ccc(S(=O)(=O)NCCNC(=O)c2cc(O)cc(O)c2)cc1C. The molecule has 25 heavy (non-hydrogen) atoms. The molecule has 0 aliphatic rings. The third kappa shape index (κ3) is 4.94. The van der Waals surface area contributed by atoms with E-state index in [2.05, 4.69) is 10.0 Å². The van der Waals surface area contributed by atoms with Crippen LogP contribution in [0.1, 0.15) is 21.5 Å². The molecule has 134 valence electrons. The van der Waals surface area contributed by atoms with Gasteiger partial charge >= 0.3 is 0 Å². The fraction of sp³-hybridized carbons (Fsp3) is 0.235. The van der Waals surface area contributed by atoms with E-state index >= 15 is 0 Å². The van der Waals surface area contributed by atoms with Crippen LogP contribution in [0.25, 0.3) is 0 Å². The molecule has 8 heteroatoms. The summed E-state index contributed by atoms with van der Waals surface area (Å²) in [6.07, 6.45) is 0. The van der Waals surface area contributed by atoms with Gasteiger partial charge in [-0.15, -0.1) is 0 Å². The van der Waals surface area contributed by atoms with Crippen molar-refractivity contribution in [2.75, 3.05) is 13.1 Å². The Balaban J connectivity index is 1.91. The highest BCUT2D eigenvalue weighted by molar-refractivity contribution is 7.89. The molecule has 0 saturated carbocycles. The summed E-state index contributed by atoms with van der Waals surface area (Å²) >= 11 is 0. The second-order valence-electron chi connectivity index (χ2n) is 5.64. The minimum absolute atomic E-state index is 0.00575. The lowest BCUT2D eigenvalue weighted by atomic mass is 10.1. The van der Waals surface area contributed by atoms with E-state index in [9.17, 15) is 23.4 Å². The van der Waals surface area contributed by atoms with Crippen LogP contribution in [0.5, 0.6) is 11.5 Å². The molecule has 0 unspecified atom stereocenters. The number of sulfonamides is 1. The molecule has 4 N–H and O–H groups in total. The first-order chi connectivity index (χ1) is 11.7. The number of aryl methyl sites for hydroxylation is 2. The van der Waals surface area contributed by atoms with E-state index in [4.69, 9.17) is 0 Å². The van der Waals surface area contributed by atoms with E-state index in [1.165, 1.54) is 18.2 Å². The molecule has 0 spiro atoms. The van der Waals surface area contributed by atoms with Gasteiger partial charge in [0.1, 0.15) is 11.5 Å². The van der Waals surface area contributed by atoms with Crippen molar-refractivity contribution in [2.45, 2.75) is 18.7 Å². The molecule has 1 amide bonds. The maximum atomic E-state index is 12.2. The summed E-state index contributed by atoms with van der Waals surface area (Å²) in [5, 5.41) is 21.2. The Kier molecular flexibility index (Phi) is 5.66. The first kappa shape index (κ1) is 18.8. The number of benzene rings is 2. The smallest absolute Gasteiger partial charge is 0.251 e. The Morgan fingerprint density at radius 3 is 2.20 bits per heavy atom. The van der Waals surface area contributed by atoms with Crippen LogP contribution in [0, 0.1) is 13.8 Å². The van der Waals surface area contributed by atoms with Gasteiger partial charge < -0.3 is 15.5 Å². The lowest BCUT2D eigenvalue weighted by Gasteiger charge is -2.10. The zero-order valence-corrected chi connectivity index (χ0v) is 14.7. The highest BCUT2D eigenvalue weighted by Gasteiger charge is 2.14. The van der Waals surface area contributed by atoms with Crippen LogP contribution in [-0.4, -0.2) is 37.6 Å². The van der Waals surface area contributed by atoms with Crippen molar-refractivity contribution in [1.82, 2.24) is 10.0 Å². The Morgan fingerprint density at radius 1 is 0.960 bits per heavy atom. The number of aromatic hydroxyl groups is 2. The van der Waals surface area contributed by atoms with Crippen molar-refractivity contribution in [3.05, 3.63) is 53.1 Å². The van der Waals surface area contributed by atoms with Crippen LogP contribution in [0.2, 0.25) is 0 Å². The Morgan fingerprint density at radius 2 is 1.60 bits per heavy atom. The van der Waals surface area contributed by atoms with Gasteiger partial charge in [0, 0.05) is 24.7 Å². The van der Waals surface area contributed by atoms with Crippen molar-refractivity contribution >= 4 is 15.9 Å². The van der Waals surface area contributed by atoms with E-state index in [0.717, 1.165) is 17.2 Å². The zero-order valence-electron chi connectivity index (χ0n) is 13.9. The number of phenols is 2. The van der Waals surface area contributed by atoms with Gasteiger partial charge in [0.25, 0.3) is 5.91 Å². The standard InChI is InChI=1S/C17H20N2O5S/c1-11-3-4-16(7-12(11)2)25(23,24)19-6-5-18-17(22)13-8-14(20)10-15(21)9-13/h3-4,7-10,19-21H,5-6H2,1-2H3,(H,18,22). The van der Waals surface area contributed by atoms with Crippen molar-refractivity contribution in [2.24, 2.45) is 0 Å². The summed E-state index contributed by atoms with van der Waals surface area (Å²) in [6.45, 7) is 3.79. The molecule has 0 fully saturated rings. The molecular weight excluding hydrogens is 344 g/mol. The number of rotatable bonds is 6. The first-order valence-corrected chi connectivity index (χ1v) is 9.05. The van der Waals surface area contributed by atoms with Crippen LogP contribution in [0.3, 0.4) is 0 Å². The van der Waals surface area contributed by atoms with E-state index in [0.29, 0.717) is 0 Å². The summed E-state index contributed by atoms with van der Waals surface area (Å²) in [6, 6.07) is 8.36. The number of hydrogen-bond donors (Lipinski definition) is 4. The average Bonchev–Trinajstić information content (AvgIpc) is 2.53. The van der Waals surface area contributed by atoms with Crippen molar-refractivity contribution in [3.8, 4) is 11.5 Å². The van der Waals surface area contributed by atoms with Gasteiger partial charge in [-0.3, -0.25) is 4.79 Å². The fourth-order valence-corrected chi connectivity index (χ4v) is 3.27. The molecule has 0 radical (unpaired) electrons. The maximum absolute atomic E-state index is 12.2. The molecule has 2 aromatic carbocycles. The number of nitrogens with one attached hydrogen (secondary N) is 2. The van der Waals surface area contributed by atoms with Gasteiger partial charge in [0.15, 0.2) is 0 Å². The summed E-state index contributed by atoms with van der Waals surface area (Å²) in [5.41, 5.74) is 1.95. The van der Waals surface area contributed by atoms with Crippen molar-refractivity contribution in [1.29, 1.82) is 0 Å². The second kappa shape index (κ2) is 7.54. The predicted molar refractivity (Wildman–Crippen MR) is 93.2 cm³/mol. The summed E-state index contributed by atoms with van der Waals surface area (Å²) in [7, 11) is -3.66. The maximum Gasteiger partial charge on any atom is 0.251 e. The molecular formula is C17H20N2O5S. The van der Waals surface area contributed by atoms with E-state index < -0.39 is 15.9 Å². The Labute approximate surface area is 146 Å². The molecule has 0 aliphatic carbocycles. The normalized spacial score (nSPS) is 11.3. The third-order valence-corrected chi connectivity index (χ3v) is 5.11. The Bertz CT molecular complexity index is 874. The number of amides is 1. The summed E-state index contributed by atoms with van der Waals surface area (Å²) < 4.78 is 26.8. The number of hydrogen-bond acceptors (Lipinski definition) is 5. The lowest BCUT2D eigenvalue weighted by Crippen LogP contribution is -2.34. The fourth-order valence-electron chi connectivity index (χ4n) is 2.15. The Hall–Kier alpha value is -2.58. The van der Waals surface area contributed by atoms with Crippen LogP contribution in [-0.2, 0) is 10.0 Å². The highest BCUT2D eigenvalue weighted by Crippen LogP contribution is 2.20. The lowest BCUT2D eigenvalue weighted by molar-refractivity contribution is 0.0953. The summed E-state index contributed by atoms with van der Waals surface area (Å²) in [4.78, 5) is 12.1. The van der Waals surface area contributed by atoms with E-state index in [1.807, 2.05) is 13.8 Å². The van der Waals surface area contributed by atoms with E-state index in [-0.39, 0.29) is 35.0 Å². The number of carbonyl (C=O) groups is 1. The molecule has 0 saturated heterocycles. The average molecular weight is 364 g/mol. The summed E-state index contributed by atoms with van der Waals surface area (Å²) in [5.74, 6) is -1.00. The molecule has 0 bridgehead atoms. The second-order valence-corrected chi connectivity index (χ2v) is 7.40. The van der Waals surface area contributed by atoms with Gasteiger partial charge in [-0.05, 0) is 49.2 Å². The molecule has 0 atom stereocenters. The largest absolute Gasteiger partial charge is 0.508 e. The number of phenolic OH excluding ortho intramolecular Hbond substituents is 2. The number of carbonyl (C=O) groups excluding carboxylic acids is 1. The molecule has 0 heterocycles. The zero-order chi connectivity index (χ0) is 18.6. The van der Waals surface area contributed by atoms with Crippen LogP contribution < -0.4 is 10.0 Å². The van der Waals surface area contributed by atoms with Gasteiger partial charge in [-0.25, -0.2) is 13.1 Å². The van der Waals surface area contributed by atoms with Crippen molar-refractivity contribution in [3.63, 3.8) is 0 Å². The monoisotopic (exact) mass is 364 g/mol. The molecule has 2 aromatic rings. The minimum Gasteiger partial charge on any atom is -0.508 e. The topological polar surface area (TPSA) is 116 Å². The van der Waals surface area contributed by atoms with E-state index in [1.54, 1.807) is 12.1 Å². The van der Waals surface area contributed by atoms with Gasteiger partial charge in [0.05, 0.1) is 4.90 Å². The quantitative estimate of drug-likeness (QED) is 0.579. The highest BCUT2D eigenvalue weighted by atomic mass is 32.2. The van der Waals surface area contributed by atoms with Gasteiger partial charge in [-0.2, -0.15) is 0 Å². The minimum atomic E-state index is -3.66. The molecule has 7 nitrogen and oxygen atoms in total. The molecule has 0 aromatic heterocycles. The van der Waals surface area contributed by atoms with Gasteiger partial charge in [-0.1, -0.05) is 6.07 Å². The van der Waals surface area contributed by atoms with Crippen LogP contribution >= 0.6 is 0 Å². The van der Waals surface area contributed by atoms with Crippen LogP contribution in [0.4, 0.5) is 0 Å². The predicted octanol–water partition coefficient (Wildman–Crippen LogP) is 1.42. The molecule has 2 rings (SSSR count).